The van der Waals surface area contributed by atoms with Crippen LogP contribution in [-0.4, -0.2) is 46.7 Å². The lowest BCUT2D eigenvalue weighted by Gasteiger charge is -2.26. The first-order chi connectivity index (χ1) is 13.1. The van der Waals surface area contributed by atoms with Crippen LogP contribution in [0.1, 0.15) is 34.8 Å². The minimum atomic E-state index is -0.0360. The van der Waals surface area contributed by atoms with E-state index in [9.17, 15) is 4.79 Å². The molecule has 0 radical (unpaired) electrons. The second-order valence-corrected chi connectivity index (χ2v) is 7.34. The van der Waals surface area contributed by atoms with Crippen LogP contribution in [0.4, 0.5) is 5.69 Å². The van der Waals surface area contributed by atoms with Crippen LogP contribution in [0.3, 0.4) is 0 Å². The first-order valence-corrected chi connectivity index (χ1v) is 9.62. The van der Waals surface area contributed by atoms with Gasteiger partial charge >= 0.3 is 0 Å². The first-order valence-electron chi connectivity index (χ1n) is 9.62. The molecule has 0 unspecified atom stereocenters. The van der Waals surface area contributed by atoms with Crippen molar-refractivity contribution in [1.29, 1.82) is 0 Å². The molecule has 0 bridgehead atoms. The molecule has 1 amide bonds. The second-order valence-electron chi connectivity index (χ2n) is 7.34. The van der Waals surface area contributed by atoms with Gasteiger partial charge in [0.25, 0.3) is 5.91 Å². The van der Waals surface area contributed by atoms with Crippen molar-refractivity contribution in [3.63, 3.8) is 0 Å². The Morgan fingerprint density at radius 2 is 1.70 bits per heavy atom. The molecule has 3 rings (SSSR count). The Morgan fingerprint density at radius 1 is 1.07 bits per heavy atom. The Morgan fingerprint density at radius 3 is 2.26 bits per heavy atom. The SMILES string of the molecule is COc1ccc(C(=O)NC[C@@H](c2ccc(N(C)C)cc2)[NH+]2CCCC2)cc1. The summed E-state index contributed by atoms with van der Waals surface area (Å²) in [4.78, 5) is 16.2. The zero-order valence-electron chi connectivity index (χ0n) is 16.5. The standard InChI is InChI=1S/C22H29N3O2/c1-24(2)19-10-6-17(7-11-19)21(25-14-4-5-15-25)16-23-22(26)18-8-12-20(27-3)13-9-18/h6-13,21H,4-5,14-16H2,1-3H3,(H,23,26)/p+1/t21-/m0/s1. The van der Waals surface area contributed by atoms with Gasteiger partial charge in [-0.25, -0.2) is 0 Å². The molecule has 2 N–H and O–H groups in total. The van der Waals surface area contributed by atoms with E-state index in [1.165, 1.54) is 37.2 Å². The summed E-state index contributed by atoms with van der Waals surface area (Å²) >= 11 is 0. The minimum absolute atomic E-state index is 0.0360. The zero-order chi connectivity index (χ0) is 19.2. The highest BCUT2D eigenvalue weighted by atomic mass is 16.5. The van der Waals surface area contributed by atoms with Crippen molar-refractivity contribution in [1.82, 2.24) is 5.32 Å². The molecular weight excluding hydrogens is 338 g/mol. The Labute approximate surface area is 161 Å². The third kappa shape index (κ3) is 4.80. The smallest absolute Gasteiger partial charge is 0.251 e. The zero-order valence-corrected chi connectivity index (χ0v) is 16.5. The van der Waals surface area contributed by atoms with E-state index in [-0.39, 0.29) is 11.9 Å². The van der Waals surface area contributed by atoms with Gasteiger partial charge in [0.1, 0.15) is 11.8 Å². The number of methoxy groups -OCH3 is 1. The maximum atomic E-state index is 12.6. The van der Waals surface area contributed by atoms with Gasteiger partial charge in [0, 0.05) is 43.8 Å². The summed E-state index contributed by atoms with van der Waals surface area (Å²) in [6.07, 6.45) is 2.52. The van der Waals surface area contributed by atoms with Crippen LogP contribution in [-0.2, 0) is 0 Å². The van der Waals surface area contributed by atoms with Gasteiger partial charge in [0.15, 0.2) is 0 Å². The Kier molecular flexibility index (Phi) is 6.35. The largest absolute Gasteiger partial charge is 0.497 e. The quantitative estimate of drug-likeness (QED) is 0.785. The van der Waals surface area contributed by atoms with Crippen molar-refractivity contribution in [2.75, 3.05) is 45.7 Å². The molecule has 27 heavy (non-hydrogen) atoms. The predicted octanol–water partition coefficient (Wildman–Crippen LogP) is 1.91. The lowest BCUT2D eigenvalue weighted by atomic mass is 10.0. The molecule has 0 aromatic heterocycles. The molecule has 144 valence electrons. The van der Waals surface area contributed by atoms with E-state index in [4.69, 9.17) is 4.74 Å². The number of nitrogens with zero attached hydrogens (tertiary/aromatic N) is 1. The van der Waals surface area contributed by atoms with Crippen molar-refractivity contribution in [2.24, 2.45) is 0 Å². The van der Waals surface area contributed by atoms with Gasteiger partial charge in [-0.1, -0.05) is 12.1 Å². The molecule has 1 fully saturated rings. The summed E-state index contributed by atoms with van der Waals surface area (Å²) in [6.45, 7) is 2.97. The van der Waals surface area contributed by atoms with Crippen molar-refractivity contribution in [3.8, 4) is 5.75 Å². The van der Waals surface area contributed by atoms with Crippen LogP contribution >= 0.6 is 0 Å². The first kappa shape index (κ1) is 19.2. The summed E-state index contributed by atoms with van der Waals surface area (Å²) in [5, 5.41) is 3.14. The van der Waals surface area contributed by atoms with Crippen LogP contribution in [0.5, 0.6) is 5.75 Å². The summed E-state index contributed by atoms with van der Waals surface area (Å²) < 4.78 is 5.16. The van der Waals surface area contributed by atoms with Crippen molar-refractivity contribution in [2.45, 2.75) is 18.9 Å². The van der Waals surface area contributed by atoms with Crippen LogP contribution in [0, 0.1) is 0 Å². The van der Waals surface area contributed by atoms with Crippen molar-refractivity contribution >= 4 is 11.6 Å². The molecule has 0 aliphatic carbocycles. The average molecular weight is 369 g/mol. The van der Waals surface area contributed by atoms with E-state index in [1.807, 2.05) is 26.2 Å². The number of carbonyl (C=O) groups is 1. The molecular formula is C22H30N3O2+. The molecule has 1 saturated heterocycles. The van der Waals surface area contributed by atoms with Crippen LogP contribution in [0.15, 0.2) is 48.5 Å². The van der Waals surface area contributed by atoms with Gasteiger partial charge in [-0.05, 0) is 36.4 Å². The van der Waals surface area contributed by atoms with Gasteiger partial charge in [-0.2, -0.15) is 0 Å². The highest BCUT2D eigenvalue weighted by Gasteiger charge is 2.28. The van der Waals surface area contributed by atoms with Crippen LogP contribution in [0.2, 0.25) is 0 Å². The van der Waals surface area contributed by atoms with Gasteiger partial charge in [-0.3, -0.25) is 4.79 Å². The molecule has 1 heterocycles. The molecule has 0 saturated carbocycles. The molecule has 1 atom stereocenters. The number of likely N-dealkylation sites (tertiary alicyclic amines) is 1. The summed E-state index contributed by atoms with van der Waals surface area (Å²) in [5.41, 5.74) is 3.14. The average Bonchev–Trinajstić information content (AvgIpc) is 3.23. The maximum absolute atomic E-state index is 12.6. The number of nitrogens with one attached hydrogen (secondary N) is 2. The minimum Gasteiger partial charge on any atom is -0.497 e. The Hall–Kier alpha value is -2.53. The monoisotopic (exact) mass is 368 g/mol. The predicted molar refractivity (Wildman–Crippen MR) is 109 cm³/mol. The molecule has 1 aliphatic heterocycles. The fraction of sp³-hybridized carbons (Fsp3) is 0.409. The molecule has 2 aromatic carbocycles. The van der Waals surface area contributed by atoms with Crippen LogP contribution < -0.4 is 19.9 Å². The number of hydrogen-bond acceptors (Lipinski definition) is 3. The van der Waals surface area contributed by atoms with Gasteiger partial charge in [-0.15, -0.1) is 0 Å². The highest BCUT2D eigenvalue weighted by molar-refractivity contribution is 5.94. The molecule has 5 heteroatoms. The summed E-state index contributed by atoms with van der Waals surface area (Å²) in [7, 11) is 5.72. The van der Waals surface area contributed by atoms with E-state index in [0.29, 0.717) is 12.1 Å². The van der Waals surface area contributed by atoms with Crippen molar-refractivity contribution < 1.29 is 14.4 Å². The number of benzene rings is 2. The van der Waals surface area contributed by atoms with E-state index >= 15 is 0 Å². The number of amides is 1. The fourth-order valence-electron chi connectivity index (χ4n) is 3.72. The molecule has 5 nitrogen and oxygen atoms in total. The van der Waals surface area contributed by atoms with E-state index in [0.717, 1.165) is 5.75 Å². The van der Waals surface area contributed by atoms with Gasteiger partial charge < -0.3 is 19.9 Å². The number of rotatable bonds is 7. The summed E-state index contributed by atoms with van der Waals surface area (Å²) in [6, 6.07) is 16.2. The van der Waals surface area contributed by atoms with E-state index in [1.54, 1.807) is 24.1 Å². The third-order valence-corrected chi connectivity index (χ3v) is 5.37. The Balaban J connectivity index is 1.70. The number of carbonyl (C=O) groups excluding carboxylic acids is 1. The molecule has 2 aromatic rings. The van der Waals surface area contributed by atoms with Gasteiger partial charge in [0.2, 0.25) is 0 Å². The van der Waals surface area contributed by atoms with Gasteiger partial charge in [0.05, 0.1) is 26.7 Å². The maximum Gasteiger partial charge on any atom is 0.251 e. The molecule has 1 aliphatic rings. The third-order valence-electron chi connectivity index (χ3n) is 5.37. The normalized spacial score (nSPS) is 15.4. The highest BCUT2D eigenvalue weighted by Crippen LogP contribution is 2.17. The second kappa shape index (κ2) is 8.91. The fourth-order valence-corrected chi connectivity index (χ4v) is 3.72. The number of ether oxygens (including phenoxy) is 1. The number of hydrogen-bond donors (Lipinski definition) is 2. The van der Waals surface area contributed by atoms with Crippen LogP contribution in [0.25, 0.3) is 0 Å². The van der Waals surface area contributed by atoms with E-state index in [2.05, 4.69) is 34.5 Å². The molecule has 0 spiro atoms. The van der Waals surface area contributed by atoms with E-state index < -0.39 is 0 Å². The number of anilines is 1. The topological polar surface area (TPSA) is 46.0 Å². The van der Waals surface area contributed by atoms with Crippen molar-refractivity contribution in [3.05, 3.63) is 59.7 Å². The summed E-state index contributed by atoms with van der Waals surface area (Å²) in [5.74, 6) is 0.720. The lowest BCUT2D eigenvalue weighted by molar-refractivity contribution is -0.918. The lowest BCUT2D eigenvalue weighted by Crippen LogP contribution is -3.11. The number of quaternary nitrogens is 1. The Bertz CT molecular complexity index is 735.